The van der Waals surface area contributed by atoms with Crippen LogP contribution in [0.5, 0.6) is 5.75 Å². The summed E-state index contributed by atoms with van der Waals surface area (Å²) in [7, 11) is 0. The van der Waals surface area contributed by atoms with Crippen molar-refractivity contribution in [2.75, 3.05) is 5.32 Å². The Labute approximate surface area is 151 Å². The summed E-state index contributed by atoms with van der Waals surface area (Å²) in [5.41, 5.74) is 2.93. The molecule has 1 heterocycles. The van der Waals surface area contributed by atoms with Crippen molar-refractivity contribution in [3.05, 3.63) is 71.3 Å². The first kappa shape index (κ1) is 16.4. The molecule has 2 aromatic carbocycles. The Hall–Kier alpha value is -3.08. The number of ether oxygens (including phenoxy) is 1. The van der Waals surface area contributed by atoms with Crippen LogP contribution in [0.25, 0.3) is 0 Å². The average molecular weight is 349 g/mol. The number of allylic oxidation sites excluding steroid dienone is 2. The number of rotatable bonds is 3. The zero-order valence-corrected chi connectivity index (χ0v) is 14.3. The largest absolute Gasteiger partial charge is 0.480 e. The quantitative estimate of drug-likeness (QED) is 0.501. The van der Waals surface area contributed by atoms with Crippen molar-refractivity contribution in [2.45, 2.75) is 25.3 Å². The monoisotopic (exact) mass is 349 g/mol. The molecule has 0 bridgehead atoms. The van der Waals surface area contributed by atoms with Gasteiger partial charge in [-0.25, -0.2) is 9.59 Å². The predicted molar refractivity (Wildman–Crippen MR) is 97.6 cm³/mol. The number of carbonyl (C=O) groups excluding carboxylic acids is 1. The van der Waals surface area contributed by atoms with Crippen molar-refractivity contribution < 1.29 is 19.4 Å². The van der Waals surface area contributed by atoms with E-state index in [0.29, 0.717) is 23.4 Å². The molecule has 0 saturated carbocycles. The number of esters is 1. The molecular weight excluding hydrogens is 330 g/mol. The molecule has 0 spiro atoms. The van der Waals surface area contributed by atoms with Crippen LogP contribution in [0.15, 0.2) is 54.6 Å². The number of fused-ring (bicyclic) bond motifs is 3. The summed E-state index contributed by atoms with van der Waals surface area (Å²) >= 11 is 0. The molecule has 3 unspecified atom stereocenters. The van der Waals surface area contributed by atoms with Crippen LogP contribution in [0.1, 0.15) is 33.8 Å². The first-order valence-electron chi connectivity index (χ1n) is 8.62. The van der Waals surface area contributed by atoms with Gasteiger partial charge in [-0.3, -0.25) is 0 Å². The van der Waals surface area contributed by atoms with Crippen molar-refractivity contribution in [3.63, 3.8) is 0 Å². The van der Waals surface area contributed by atoms with E-state index in [1.165, 1.54) is 0 Å². The molecule has 5 nitrogen and oxygen atoms in total. The van der Waals surface area contributed by atoms with Crippen LogP contribution < -0.4 is 10.1 Å². The van der Waals surface area contributed by atoms with Gasteiger partial charge in [0.05, 0.1) is 11.3 Å². The minimum absolute atomic E-state index is 0.000486. The molecule has 0 fully saturated rings. The molecule has 0 radical (unpaired) electrons. The molecule has 2 N–H and O–H groups in total. The van der Waals surface area contributed by atoms with Crippen LogP contribution >= 0.6 is 0 Å². The second-order valence-corrected chi connectivity index (χ2v) is 6.79. The summed E-state index contributed by atoms with van der Waals surface area (Å²) in [5, 5.41) is 12.7. The van der Waals surface area contributed by atoms with Gasteiger partial charge in [0.1, 0.15) is 11.8 Å². The van der Waals surface area contributed by atoms with Crippen LogP contribution in [-0.4, -0.2) is 23.1 Å². The third-order valence-corrected chi connectivity index (χ3v) is 5.11. The summed E-state index contributed by atoms with van der Waals surface area (Å²) in [5.74, 6) is -0.982. The number of anilines is 1. The highest BCUT2D eigenvalue weighted by Crippen LogP contribution is 2.45. The topological polar surface area (TPSA) is 75.6 Å². The number of aryl methyl sites for hydroxylation is 1. The van der Waals surface area contributed by atoms with E-state index >= 15 is 0 Å². The second-order valence-electron chi connectivity index (χ2n) is 6.79. The molecule has 26 heavy (non-hydrogen) atoms. The van der Waals surface area contributed by atoms with Crippen molar-refractivity contribution in [3.8, 4) is 5.75 Å². The third kappa shape index (κ3) is 2.75. The van der Waals surface area contributed by atoms with Crippen molar-refractivity contribution in [1.82, 2.24) is 0 Å². The maximum absolute atomic E-state index is 12.7. The number of carboxylic acids is 1. The molecule has 1 aliphatic carbocycles. The predicted octanol–water partition coefficient (Wildman–Crippen LogP) is 3.75. The Bertz CT molecular complexity index is 901. The van der Waals surface area contributed by atoms with Gasteiger partial charge in [-0.1, -0.05) is 42.0 Å². The summed E-state index contributed by atoms with van der Waals surface area (Å²) in [6, 6.07) is 11.9. The van der Waals surface area contributed by atoms with Gasteiger partial charge in [-0.15, -0.1) is 0 Å². The zero-order chi connectivity index (χ0) is 18.3. The van der Waals surface area contributed by atoms with E-state index in [1.807, 2.05) is 43.3 Å². The fraction of sp³-hybridized carbons (Fsp3) is 0.238. The number of aliphatic carboxylic acids is 1. The summed E-state index contributed by atoms with van der Waals surface area (Å²) in [6.45, 7) is 1.96. The van der Waals surface area contributed by atoms with E-state index in [1.54, 1.807) is 18.2 Å². The second kappa shape index (κ2) is 6.33. The molecule has 3 atom stereocenters. The number of hydrogen-bond acceptors (Lipinski definition) is 4. The highest BCUT2D eigenvalue weighted by molar-refractivity contribution is 5.99. The zero-order valence-electron chi connectivity index (χ0n) is 14.3. The minimum Gasteiger partial charge on any atom is -0.480 e. The lowest BCUT2D eigenvalue weighted by atomic mass is 9.78. The van der Waals surface area contributed by atoms with Crippen LogP contribution in [0.2, 0.25) is 0 Å². The highest BCUT2D eigenvalue weighted by atomic mass is 16.5. The van der Waals surface area contributed by atoms with E-state index in [4.69, 9.17) is 4.74 Å². The lowest BCUT2D eigenvalue weighted by Crippen LogP contribution is -2.42. The van der Waals surface area contributed by atoms with Gasteiger partial charge in [0.2, 0.25) is 0 Å². The number of carboxylic acid groups (broad SMARTS) is 1. The van der Waals surface area contributed by atoms with Gasteiger partial charge in [-0.2, -0.15) is 0 Å². The smallest absolute Gasteiger partial charge is 0.345 e. The average Bonchev–Trinajstić information content (AvgIpc) is 3.12. The molecule has 5 heteroatoms. The molecular formula is C21H19NO4. The number of benzene rings is 2. The van der Waals surface area contributed by atoms with Gasteiger partial charge in [-0.05, 0) is 37.1 Å². The van der Waals surface area contributed by atoms with Gasteiger partial charge in [0, 0.05) is 11.8 Å². The van der Waals surface area contributed by atoms with Crippen molar-refractivity contribution in [1.29, 1.82) is 0 Å². The number of para-hydroxylation sites is 1. The van der Waals surface area contributed by atoms with Crippen molar-refractivity contribution in [2.24, 2.45) is 5.92 Å². The minimum atomic E-state index is -0.906. The standard InChI is InChI=1S/C21H19NO4/c1-12-8-10-13(11-9-12)26-21(25)17-7-3-5-15-14-4-2-6-16(14)19(20(23)24)22-18(15)17/h2-5,7-11,14,16,19,22H,6H2,1H3,(H,23,24). The van der Waals surface area contributed by atoms with E-state index in [2.05, 4.69) is 5.32 Å². The highest BCUT2D eigenvalue weighted by Gasteiger charge is 2.42. The molecule has 132 valence electrons. The number of nitrogens with one attached hydrogen (secondary N) is 1. The summed E-state index contributed by atoms with van der Waals surface area (Å²) in [6.07, 6.45) is 4.76. The Morgan fingerprint density at radius 1 is 1.15 bits per heavy atom. The van der Waals surface area contributed by atoms with Crippen LogP contribution in [0.3, 0.4) is 0 Å². The number of hydrogen-bond donors (Lipinski definition) is 2. The maximum Gasteiger partial charge on any atom is 0.345 e. The molecule has 2 aliphatic rings. The van der Waals surface area contributed by atoms with Crippen LogP contribution in [0, 0.1) is 12.8 Å². The molecule has 0 saturated heterocycles. The van der Waals surface area contributed by atoms with Gasteiger partial charge >= 0.3 is 11.9 Å². The van der Waals surface area contributed by atoms with E-state index in [9.17, 15) is 14.7 Å². The van der Waals surface area contributed by atoms with E-state index < -0.39 is 18.0 Å². The van der Waals surface area contributed by atoms with Gasteiger partial charge < -0.3 is 15.2 Å². The molecule has 4 rings (SSSR count). The Kier molecular flexibility index (Phi) is 3.99. The third-order valence-electron chi connectivity index (χ3n) is 5.11. The number of carbonyl (C=O) groups is 2. The van der Waals surface area contributed by atoms with Gasteiger partial charge in [0.25, 0.3) is 0 Å². The van der Waals surface area contributed by atoms with Gasteiger partial charge in [0.15, 0.2) is 0 Å². The van der Waals surface area contributed by atoms with Crippen LogP contribution in [-0.2, 0) is 4.79 Å². The SMILES string of the molecule is Cc1ccc(OC(=O)c2cccc3c2NC(C(=O)O)C2CC=CC32)cc1. The Morgan fingerprint density at radius 2 is 1.92 bits per heavy atom. The summed E-state index contributed by atoms with van der Waals surface area (Å²) in [4.78, 5) is 24.4. The van der Waals surface area contributed by atoms with E-state index in [0.717, 1.165) is 11.1 Å². The van der Waals surface area contributed by atoms with Crippen molar-refractivity contribution >= 4 is 17.6 Å². The summed E-state index contributed by atoms with van der Waals surface area (Å²) < 4.78 is 5.48. The fourth-order valence-electron chi connectivity index (χ4n) is 3.80. The molecule has 0 aromatic heterocycles. The molecule has 0 amide bonds. The normalized spacial score (nSPS) is 22.9. The fourth-order valence-corrected chi connectivity index (χ4v) is 3.80. The first-order valence-corrected chi connectivity index (χ1v) is 8.62. The van der Waals surface area contributed by atoms with E-state index in [-0.39, 0.29) is 11.8 Å². The Balaban J connectivity index is 1.69. The van der Waals surface area contributed by atoms with Crippen LogP contribution in [0.4, 0.5) is 5.69 Å². The molecule has 1 aliphatic heterocycles. The first-order chi connectivity index (χ1) is 12.5. The Morgan fingerprint density at radius 3 is 2.65 bits per heavy atom. The lowest BCUT2D eigenvalue weighted by Gasteiger charge is -2.35. The maximum atomic E-state index is 12.7. The lowest BCUT2D eigenvalue weighted by molar-refractivity contribution is -0.139. The molecule has 2 aromatic rings.